The van der Waals surface area contributed by atoms with Crippen LogP contribution in [0.1, 0.15) is 32.0 Å². The maximum absolute atomic E-state index is 11.6. The molecule has 0 unspecified atom stereocenters. The second kappa shape index (κ2) is 6.31. The zero-order valence-electron chi connectivity index (χ0n) is 12.1. The van der Waals surface area contributed by atoms with E-state index in [4.69, 9.17) is 5.26 Å². The predicted molar refractivity (Wildman–Crippen MR) is 75.0 cm³/mol. The largest absolute Gasteiger partial charge is 0.506 e. The lowest BCUT2D eigenvalue weighted by Crippen LogP contribution is -2.14. The van der Waals surface area contributed by atoms with Gasteiger partial charge in [0.05, 0.1) is 0 Å². The third-order valence-electron chi connectivity index (χ3n) is 2.71. The van der Waals surface area contributed by atoms with Crippen LogP contribution in [0.5, 0.6) is 0 Å². The Kier molecular flexibility index (Phi) is 5.00. The number of pyridine rings is 1. The lowest BCUT2D eigenvalue weighted by Gasteiger charge is -2.17. The summed E-state index contributed by atoms with van der Waals surface area (Å²) in [7, 11) is 1.35. The number of carbonyl (C=O) groups is 1. The van der Waals surface area contributed by atoms with Crippen molar-refractivity contribution in [3.8, 4) is 6.07 Å². The smallest absolute Gasteiger partial charge is 0.202 e. The van der Waals surface area contributed by atoms with Gasteiger partial charge < -0.3 is 9.84 Å². The zero-order chi connectivity index (χ0) is 15.3. The van der Waals surface area contributed by atoms with Crippen molar-refractivity contribution in [2.75, 3.05) is 13.7 Å². The highest BCUT2D eigenvalue weighted by Gasteiger charge is 2.18. The minimum Gasteiger partial charge on any atom is -0.506 e. The van der Waals surface area contributed by atoms with Crippen LogP contribution in [-0.4, -0.2) is 29.6 Å². The molecule has 0 fully saturated rings. The lowest BCUT2D eigenvalue weighted by molar-refractivity contribution is -0.118. The number of hydrogen-bond acceptors (Lipinski definition) is 5. The molecule has 1 heterocycles. The number of Topliss-reactive ketones (excluding diaryl/α,β-unsaturated/α-hetero) is 1. The number of methoxy groups -OCH3 is 1. The molecule has 1 aromatic rings. The van der Waals surface area contributed by atoms with Crippen molar-refractivity contribution in [1.82, 2.24) is 4.98 Å². The Balaban J connectivity index is 3.16. The van der Waals surface area contributed by atoms with Crippen molar-refractivity contribution in [1.29, 1.82) is 5.26 Å². The minimum atomic E-state index is -0.563. The first kappa shape index (κ1) is 15.9. The van der Waals surface area contributed by atoms with Gasteiger partial charge in [-0.15, -0.1) is 0 Å². The summed E-state index contributed by atoms with van der Waals surface area (Å²) in [5.41, 5.74) is 0.758. The van der Waals surface area contributed by atoms with Crippen LogP contribution in [0.15, 0.2) is 23.9 Å². The normalized spacial score (nSPS) is 12.6. The van der Waals surface area contributed by atoms with Gasteiger partial charge in [-0.05, 0) is 12.1 Å². The van der Waals surface area contributed by atoms with Crippen molar-refractivity contribution in [3.63, 3.8) is 0 Å². The van der Waals surface area contributed by atoms with Gasteiger partial charge in [0.25, 0.3) is 0 Å². The molecule has 0 atom stereocenters. The summed E-state index contributed by atoms with van der Waals surface area (Å²) in [6, 6.07) is 5.11. The predicted octanol–water partition coefficient (Wildman–Crippen LogP) is 2.39. The Labute approximate surface area is 118 Å². The Hall–Kier alpha value is -2.19. The Morgan fingerprint density at radius 2 is 2.10 bits per heavy atom. The number of carbonyl (C=O) groups excluding carboxylic acids is 1. The molecular formula is C15H18N2O3. The second-order valence-electron chi connectivity index (χ2n) is 5.37. The SMILES string of the molecule is COCC(=O)C(C#N)=C(O)c1ccc(C(C)(C)C)nc1. The fourth-order valence-corrected chi connectivity index (χ4v) is 1.57. The number of nitrogens with zero attached hydrogens (tertiary/aromatic N) is 2. The van der Waals surface area contributed by atoms with Crippen LogP contribution in [0, 0.1) is 11.3 Å². The number of aliphatic hydroxyl groups is 1. The molecule has 0 saturated heterocycles. The molecule has 0 bridgehead atoms. The quantitative estimate of drug-likeness (QED) is 0.518. The van der Waals surface area contributed by atoms with Crippen LogP contribution in [0.25, 0.3) is 5.76 Å². The first-order chi connectivity index (χ1) is 9.31. The number of nitriles is 1. The topological polar surface area (TPSA) is 83.2 Å². The highest BCUT2D eigenvalue weighted by Crippen LogP contribution is 2.22. The van der Waals surface area contributed by atoms with Crippen LogP contribution < -0.4 is 0 Å². The van der Waals surface area contributed by atoms with E-state index in [0.717, 1.165) is 5.69 Å². The van der Waals surface area contributed by atoms with Crippen LogP contribution >= 0.6 is 0 Å². The molecule has 0 aromatic carbocycles. The van der Waals surface area contributed by atoms with Gasteiger partial charge in [-0.2, -0.15) is 5.26 Å². The van der Waals surface area contributed by atoms with E-state index < -0.39 is 5.78 Å². The molecule has 0 amide bonds. The van der Waals surface area contributed by atoms with Crippen LogP contribution in [-0.2, 0) is 14.9 Å². The molecule has 5 nitrogen and oxygen atoms in total. The van der Waals surface area contributed by atoms with Gasteiger partial charge in [0.2, 0.25) is 5.78 Å². The first-order valence-electron chi connectivity index (χ1n) is 6.13. The zero-order valence-corrected chi connectivity index (χ0v) is 12.1. The fourth-order valence-electron chi connectivity index (χ4n) is 1.57. The lowest BCUT2D eigenvalue weighted by atomic mass is 9.91. The van der Waals surface area contributed by atoms with E-state index in [2.05, 4.69) is 9.72 Å². The standard InChI is InChI=1S/C15H18N2O3/c1-15(2,3)13-6-5-10(8-17-13)14(19)11(7-16)12(18)9-20-4/h5-6,8,19H,9H2,1-4H3. The van der Waals surface area contributed by atoms with Crippen LogP contribution in [0.3, 0.4) is 0 Å². The molecule has 106 valence electrons. The van der Waals surface area contributed by atoms with E-state index in [0.29, 0.717) is 5.56 Å². The summed E-state index contributed by atoms with van der Waals surface area (Å²) in [4.78, 5) is 15.9. The molecule has 0 radical (unpaired) electrons. The monoisotopic (exact) mass is 274 g/mol. The van der Waals surface area contributed by atoms with Crippen molar-refractivity contribution in [3.05, 3.63) is 35.2 Å². The van der Waals surface area contributed by atoms with Gasteiger partial charge in [-0.1, -0.05) is 20.8 Å². The highest BCUT2D eigenvalue weighted by molar-refractivity contribution is 6.05. The molecule has 1 aromatic heterocycles. The summed E-state index contributed by atoms with van der Waals surface area (Å²) < 4.78 is 4.67. The van der Waals surface area contributed by atoms with E-state index in [1.165, 1.54) is 13.3 Å². The van der Waals surface area contributed by atoms with Crippen molar-refractivity contribution >= 4 is 11.5 Å². The maximum Gasteiger partial charge on any atom is 0.202 e. The van der Waals surface area contributed by atoms with E-state index in [9.17, 15) is 9.90 Å². The number of aromatic nitrogens is 1. The van der Waals surface area contributed by atoms with Gasteiger partial charge in [0.15, 0.2) is 0 Å². The number of rotatable bonds is 4. The molecule has 0 aliphatic heterocycles. The van der Waals surface area contributed by atoms with Crippen molar-refractivity contribution < 1.29 is 14.6 Å². The molecule has 0 spiro atoms. The fraction of sp³-hybridized carbons (Fsp3) is 0.400. The Morgan fingerprint density at radius 3 is 2.50 bits per heavy atom. The van der Waals surface area contributed by atoms with E-state index >= 15 is 0 Å². The van der Waals surface area contributed by atoms with E-state index in [1.807, 2.05) is 20.8 Å². The molecule has 20 heavy (non-hydrogen) atoms. The van der Waals surface area contributed by atoms with Gasteiger partial charge in [-0.25, -0.2) is 0 Å². The summed E-state index contributed by atoms with van der Waals surface area (Å²) in [5.74, 6) is -0.935. The van der Waals surface area contributed by atoms with Crippen LogP contribution in [0.4, 0.5) is 0 Å². The summed E-state index contributed by atoms with van der Waals surface area (Å²) in [5, 5.41) is 19.0. The number of ketones is 1. The molecule has 1 rings (SSSR count). The average Bonchev–Trinajstić information content (AvgIpc) is 2.39. The third kappa shape index (κ3) is 3.65. The summed E-state index contributed by atoms with van der Waals surface area (Å²) >= 11 is 0. The van der Waals surface area contributed by atoms with Gasteiger partial charge >= 0.3 is 0 Å². The van der Waals surface area contributed by atoms with E-state index in [1.54, 1.807) is 18.2 Å². The molecule has 5 heteroatoms. The third-order valence-corrected chi connectivity index (χ3v) is 2.71. The highest BCUT2D eigenvalue weighted by atomic mass is 16.5. The Bertz CT molecular complexity index is 560. The number of aliphatic hydroxyl groups excluding tert-OH is 1. The summed E-state index contributed by atoms with van der Waals surface area (Å²) in [6.07, 6.45) is 1.45. The first-order valence-corrected chi connectivity index (χ1v) is 6.13. The van der Waals surface area contributed by atoms with Crippen molar-refractivity contribution in [2.24, 2.45) is 0 Å². The molecule has 0 aliphatic rings. The van der Waals surface area contributed by atoms with Gasteiger partial charge in [0, 0.05) is 30.0 Å². The van der Waals surface area contributed by atoms with Gasteiger partial charge in [0.1, 0.15) is 24.0 Å². The number of ether oxygens (including phenoxy) is 1. The molecule has 1 N–H and O–H groups in total. The maximum atomic E-state index is 11.6. The van der Waals surface area contributed by atoms with Gasteiger partial charge in [-0.3, -0.25) is 9.78 Å². The number of hydrogen-bond donors (Lipinski definition) is 1. The molecule has 0 saturated carbocycles. The summed E-state index contributed by atoms with van der Waals surface area (Å²) in [6.45, 7) is 5.81. The Morgan fingerprint density at radius 1 is 1.45 bits per heavy atom. The second-order valence-corrected chi connectivity index (χ2v) is 5.37. The minimum absolute atomic E-state index is 0.109. The molecular weight excluding hydrogens is 256 g/mol. The van der Waals surface area contributed by atoms with E-state index in [-0.39, 0.29) is 23.4 Å². The van der Waals surface area contributed by atoms with Crippen molar-refractivity contribution in [2.45, 2.75) is 26.2 Å². The molecule has 0 aliphatic carbocycles. The van der Waals surface area contributed by atoms with Crippen LogP contribution in [0.2, 0.25) is 0 Å². The average molecular weight is 274 g/mol.